The van der Waals surface area contributed by atoms with Gasteiger partial charge in [0.15, 0.2) is 0 Å². The first-order valence-corrected chi connectivity index (χ1v) is 9.91. The highest BCUT2D eigenvalue weighted by Gasteiger charge is 2.36. The Morgan fingerprint density at radius 3 is 2.64 bits per heavy atom. The third-order valence-electron chi connectivity index (χ3n) is 5.30. The maximum absolute atomic E-state index is 12.9. The Hall–Kier alpha value is -2.02. The van der Waals surface area contributed by atoms with Gasteiger partial charge in [0.1, 0.15) is 5.82 Å². The van der Waals surface area contributed by atoms with Crippen LogP contribution in [-0.2, 0) is 22.6 Å². The second kappa shape index (κ2) is 6.71. The molecular formula is C18H22N4O2S. The van der Waals surface area contributed by atoms with Gasteiger partial charge in [-0.3, -0.25) is 9.59 Å². The molecule has 3 aliphatic heterocycles. The maximum Gasteiger partial charge on any atom is 0.247 e. The molecule has 4 heterocycles. The Labute approximate surface area is 151 Å². The Morgan fingerprint density at radius 1 is 1.20 bits per heavy atom. The minimum absolute atomic E-state index is 0.0390. The molecule has 3 aliphatic rings. The number of rotatable bonds is 3. The fraction of sp³-hybridized carbons (Fsp3) is 0.500. The number of imidazole rings is 1. The summed E-state index contributed by atoms with van der Waals surface area (Å²) >= 11 is 1.52. The quantitative estimate of drug-likeness (QED) is 0.604. The first-order chi connectivity index (χ1) is 12.2. The molecule has 1 unspecified atom stereocenters. The van der Waals surface area contributed by atoms with Crippen molar-refractivity contribution in [1.82, 2.24) is 19.4 Å². The van der Waals surface area contributed by atoms with Crippen molar-refractivity contribution in [3.63, 3.8) is 0 Å². The number of hydrogen-bond donors (Lipinski definition) is 0. The molecule has 0 N–H and O–H groups in total. The maximum atomic E-state index is 12.9. The molecule has 1 aromatic rings. The molecule has 0 spiro atoms. The zero-order valence-electron chi connectivity index (χ0n) is 14.4. The van der Waals surface area contributed by atoms with Crippen molar-refractivity contribution in [2.75, 3.05) is 32.4 Å². The summed E-state index contributed by atoms with van der Waals surface area (Å²) in [6.45, 7) is 3.54. The van der Waals surface area contributed by atoms with Crippen LogP contribution in [0.3, 0.4) is 0 Å². The van der Waals surface area contributed by atoms with E-state index in [1.54, 1.807) is 6.08 Å². The lowest BCUT2D eigenvalue weighted by molar-refractivity contribution is -0.135. The molecule has 0 fully saturated rings. The predicted octanol–water partition coefficient (Wildman–Crippen LogP) is 1.30. The lowest BCUT2D eigenvalue weighted by Gasteiger charge is -2.28. The van der Waals surface area contributed by atoms with E-state index in [1.807, 2.05) is 33.9 Å². The highest BCUT2D eigenvalue weighted by atomic mass is 32.2. The molecule has 0 aromatic carbocycles. The zero-order chi connectivity index (χ0) is 17.4. The standard InChI is InChI=1S/C18H22N4O2S/c1-25-7-3-17(23)21-9-14-11-22(12-15(14)10-21)18(24)13-2-5-20-6-4-19-16(20)8-13/h3-4,6-7,13H,2,5,8-12H2,1H3/b7-3+. The van der Waals surface area contributed by atoms with E-state index in [2.05, 4.69) is 9.55 Å². The molecular weight excluding hydrogens is 336 g/mol. The number of nitrogens with zero attached hydrogens (tertiary/aromatic N) is 4. The van der Waals surface area contributed by atoms with Gasteiger partial charge in [0.05, 0.1) is 0 Å². The highest BCUT2D eigenvalue weighted by Crippen LogP contribution is 2.29. The van der Waals surface area contributed by atoms with Crippen LogP contribution in [0.15, 0.2) is 35.0 Å². The third-order valence-corrected chi connectivity index (χ3v) is 5.70. The van der Waals surface area contributed by atoms with Crippen LogP contribution in [0.5, 0.6) is 0 Å². The van der Waals surface area contributed by atoms with E-state index in [0.717, 1.165) is 25.2 Å². The molecule has 0 saturated heterocycles. The average molecular weight is 358 g/mol. The molecule has 0 radical (unpaired) electrons. The number of carbonyl (C=O) groups is 2. The molecule has 6 nitrogen and oxygen atoms in total. The topological polar surface area (TPSA) is 58.4 Å². The third kappa shape index (κ3) is 3.13. The monoisotopic (exact) mass is 358 g/mol. The Bertz CT molecular complexity index is 749. The lowest BCUT2D eigenvalue weighted by atomic mass is 9.96. The largest absolute Gasteiger partial charge is 0.335 e. The van der Waals surface area contributed by atoms with Gasteiger partial charge in [0.25, 0.3) is 0 Å². The number of fused-ring (bicyclic) bond motifs is 1. The van der Waals surface area contributed by atoms with Crippen LogP contribution in [0, 0.1) is 5.92 Å². The van der Waals surface area contributed by atoms with Crippen molar-refractivity contribution in [2.24, 2.45) is 5.92 Å². The van der Waals surface area contributed by atoms with E-state index < -0.39 is 0 Å². The normalized spacial score (nSPS) is 22.7. The SMILES string of the molecule is CS/C=C/C(=O)N1CC2=C(C1)CN(C(=O)C1CCn3ccnc3C1)C2. The van der Waals surface area contributed by atoms with Crippen molar-refractivity contribution in [3.8, 4) is 0 Å². The number of amides is 2. The smallest absolute Gasteiger partial charge is 0.247 e. The molecule has 0 bridgehead atoms. The zero-order valence-corrected chi connectivity index (χ0v) is 15.2. The van der Waals surface area contributed by atoms with Gasteiger partial charge in [-0.25, -0.2) is 4.98 Å². The minimum atomic E-state index is 0.0390. The van der Waals surface area contributed by atoms with Crippen LogP contribution in [0.4, 0.5) is 0 Å². The van der Waals surface area contributed by atoms with Crippen molar-refractivity contribution in [3.05, 3.63) is 40.8 Å². The van der Waals surface area contributed by atoms with E-state index in [4.69, 9.17) is 0 Å². The van der Waals surface area contributed by atoms with Crippen LogP contribution in [0.25, 0.3) is 0 Å². The van der Waals surface area contributed by atoms with Gasteiger partial charge < -0.3 is 14.4 Å². The molecule has 1 aromatic heterocycles. The van der Waals surface area contributed by atoms with Gasteiger partial charge in [-0.1, -0.05) is 0 Å². The van der Waals surface area contributed by atoms with Gasteiger partial charge in [-0.15, -0.1) is 11.8 Å². The molecule has 1 atom stereocenters. The first-order valence-electron chi connectivity index (χ1n) is 8.62. The number of aryl methyl sites for hydroxylation is 1. The summed E-state index contributed by atoms with van der Waals surface area (Å²) in [5.74, 6) is 1.35. The van der Waals surface area contributed by atoms with Crippen LogP contribution in [-0.4, -0.2) is 63.6 Å². The van der Waals surface area contributed by atoms with Gasteiger partial charge in [-0.05, 0) is 29.2 Å². The summed E-state index contributed by atoms with van der Waals surface area (Å²) in [4.78, 5) is 33.2. The summed E-state index contributed by atoms with van der Waals surface area (Å²) in [6, 6.07) is 0. The predicted molar refractivity (Wildman–Crippen MR) is 96.9 cm³/mol. The number of aromatic nitrogens is 2. The van der Waals surface area contributed by atoms with Crippen molar-refractivity contribution in [1.29, 1.82) is 0 Å². The number of carbonyl (C=O) groups excluding carboxylic acids is 2. The lowest BCUT2D eigenvalue weighted by Crippen LogP contribution is -2.40. The molecule has 132 valence electrons. The fourth-order valence-corrected chi connectivity index (χ4v) is 4.20. The van der Waals surface area contributed by atoms with Crippen LogP contribution in [0.2, 0.25) is 0 Å². The minimum Gasteiger partial charge on any atom is -0.335 e. The molecule has 2 amide bonds. The Morgan fingerprint density at radius 2 is 1.92 bits per heavy atom. The van der Waals surface area contributed by atoms with Crippen LogP contribution < -0.4 is 0 Å². The van der Waals surface area contributed by atoms with Crippen LogP contribution >= 0.6 is 11.8 Å². The summed E-state index contributed by atoms with van der Waals surface area (Å²) in [5.41, 5.74) is 2.49. The van der Waals surface area contributed by atoms with Gasteiger partial charge in [0.2, 0.25) is 11.8 Å². The molecule has 0 saturated carbocycles. The van der Waals surface area contributed by atoms with Crippen LogP contribution in [0.1, 0.15) is 12.2 Å². The second-order valence-electron chi connectivity index (χ2n) is 6.86. The molecule has 4 rings (SSSR count). The summed E-state index contributed by atoms with van der Waals surface area (Å²) in [5, 5.41) is 1.81. The Balaban J connectivity index is 1.34. The van der Waals surface area contributed by atoms with E-state index in [-0.39, 0.29) is 17.7 Å². The highest BCUT2D eigenvalue weighted by molar-refractivity contribution is 8.01. The van der Waals surface area contributed by atoms with Gasteiger partial charge in [-0.2, -0.15) is 0 Å². The van der Waals surface area contributed by atoms with E-state index in [0.29, 0.717) is 26.2 Å². The fourth-order valence-electron chi connectivity index (χ4n) is 3.94. The average Bonchev–Trinajstić information content (AvgIpc) is 3.31. The Kier molecular flexibility index (Phi) is 4.41. The molecule has 7 heteroatoms. The van der Waals surface area contributed by atoms with Crippen molar-refractivity contribution < 1.29 is 9.59 Å². The second-order valence-corrected chi connectivity index (χ2v) is 7.60. The van der Waals surface area contributed by atoms with E-state index in [9.17, 15) is 9.59 Å². The van der Waals surface area contributed by atoms with Crippen molar-refractivity contribution >= 4 is 23.6 Å². The summed E-state index contributed by atoms with van der Waals surface area (Å²) in [6.07, 6.45) is 8.97. The summed E-state index contributed by atoms with van der Waals surface area (Å²) in [7, 11) is 0. The molecule has 25 heavy (non-hydrogen) atoms. The van der Waals surface area contributed by atoms with Gasteiger partial charge in [0, 0.05) is 63.5 Å². The van der Waals surface area contributed by atoms with Gasteiger partial charge >= 0.3 is 0 Å². The van der Waals surface area contributed by atoms with Crippen molar-refractivity contribution in [2.45, 2.75) is 19.4 Å². The molecule has 0 aliphatic carbocycles. The summed E-state index contributed by atoms with van der Waals surface area (Å²) < 4.78 is 2.14. The number of thioether (sulfide) groups is 1. The van der Waals surface area contributed by atoms with E-state index >= 15 is 0 Å². The number of hydrogen-bond acceptors (Lipinski definition) is 4. The first kappa shape index (κ1) is 16.4. The van der Waals surface area contributed by atoms with E-state index in [1.165, 1.54) is 22.9 Å².